The summed E-state index contributed by atoms with van der Waals surface area (Å²) < 4.78 is 0. The predicted molar refractivity (Wildman–Crippen MR) is 44.9 cm³/mol. The highest BCUT2D eigenvalue weighted by molar-refractivity contribution is 5.91. The molecular formula is C8H11NO2. The Hall–Kier alpha value is -1.38. The summed E-state index contributed by atoms with van der Waals surface area (Å²) in [4.78, 5) is 14.0. The highest BCUT2D eigenvalue weighted by Gasteiger charge is 1.98. The summed E-state index contributed by atoms with van der Waals surface area (Å²) in [5.41, 5.74) is 0.268. The molecule has 0 saturated carbocycles. The van der Waals surface area contributed by atoms with E-state index in [2.05, 4.69) is 4.99 Å². The van der Waals surface area contributed by atoms with Crippen molar-refractivity contribution in [3.63, 3.8) is 0 Å². The standard InChI is InChI=1S/C8H11NO2/c1-3-7(8(10)11)5-4-6-9-2/h3-6H,1-2H3,(H,10,11)/b5-4-,7-3+,9-6?. The minimum Gasteiger partial charge on any atom is -0.478 e. The third kappa shape index (κ3) is 4.08. The van der Waals surface area contributed by atoms with Gasteiger partial charge in [-0.15, -0.1) is 0 Å². The molecule has 0 saturated heterocycles. The van der Waals surface area contributed by atoms with Crippen molar-refractivity contribution in [1.82, 2.24) is 0 Å². The van der Waals surface area contributed by atoms with Gasteiger partial charge in [0.25, 0.3) is 0 Å². The molecule has 0 fully saturated rings. The summed E-state index contributed by atoms with van der Waals surface area (Å²) in [6, 6.07) is 0. The molecule has 0 aromatic rings. The van der Waals surface area contributed by atoms with E-state index in [1.165, 1.54) is 18.4 Å². The zero-order valence-electron chi connectivity index (χ0n) is 6.61. The lowest BCUT2D eigenvalue weighted by Crippen LogP contribution is -1.96. The smallest absolute Gasteiger partial charge is 0.335 e. The third-order valence-electron chi connectivity index (χ3n) is 1.07. The summed E-state index contributed by atoms with van der Waals surface area (Å²) >= 11 is 0. The van der Waals surface area contributed by atoms with Crippen LogP contribution in [0.15, 0.2) is 28.8 Å². The van der Waals surface area contributed by atoms with Crippen molar-refractivity contribution in [2.24, 2.45) is 4.99 Å². The Balaban J connectivity index is 4.22. The predicted octanol–water partition coefficient (Wildman–Crippen LogP) is 1.27. The van der Waals surface area contributed by atoms with Crippen LogP contribution in [0.4, 0.5) is 0 Å². The van der Waals surface area contributed by atoms with Crippen molar-refractivity contribution in [3.8, 4) is 0 Å². The lowest BCUT2D eigenvalue weighted by molar-refractivity contribution is -0.132. The minimum absolute atomic E-state index is 0.268. The molecule has 0 aromatic heterocycles. The van der Waals surface area contributed by atoms with Crippen molar-refractivity contribution in [1.29, 1.82) is 0 Å². The summed E-state index contributed by atoms with van der Waals surface area (Å²) in [5, 5.41) is 8.51. The van der Waals surface area contributed by atoms with Gasteiger partial charge in [-0.2, -0.15) is 0 Å². The van der Waals surface area contributed by atoms with Crippen LogP contribution in [-0.4, -0.2) is 24.3 Å². The number of hydrogen-bond donors (Lipinski definition) is 1. The van der Waals surface area contributed by atoms with E-state index >= 15 is 0 Å². The molecular weight excluding hydrogens is 142 g/mol. The molecule has 0 aromatic carbocycles. The zero-order chi connectivity index (χ0) is 8.69. The van der Waals surface area contributed by atoms with Gasteiger partial charge < -0.3 is 5.11 Å². The number of rotatable bonds is 3. The lowest BCUT2D eigenvalue weighted by atomic mass is 10.2. The van der Waals surface area contributed by atoms with Crippen molar-refractivity contribution in [2.75, 3.05) is 7.05 Å². The minimum atomic E-state index is -0.923. The fraction of sp³-hybridized carbons (Fsp3) is 0.250. The monoisotopic (exact) mass is 153 g/mol. The maximum atomic E-state index is 10.4. The molecule has 0 bridgehead atoms. The molecule has 0 aliphatic carbocycles. The van der Waals surface area contributed by atoms with Gasteiger partial charge in [0, 0.05) is 13.3 Å². The van der Waals surface area contributed by atoms with E-state index < -0.39 is 5.97 Å². The number of nitrogens with zero attached hydrogens (tertiary/aromatic N) is 1. The molecule has 0 atom stereocenters. The molecule has 11 heavy (non-hydrogen) atoms. The second-order valence-electron chi connectivity index (χ2n) is 1.82. The largest absolute Gasteiger partial charge is 0.478 e. The van der Waals surface area contributed by atoms with Crippen molar-refractivity contribution in [3.05, 3.63) is 23.8 Å². The van der Waals surface area contributed by atoms with E-state index in [1.54, 1.807) is 20.0 Å². The van der Waals surface area contributed by atoms with Gasteiger partial charge in [0.05, 0.1) is 5.57 Å². The quantitative estimate of drug-likeness (QED) is 0.377. The van der Waals surface area contributed by atoms with Crippen LogP contribution >= 0.6 is 0 Å². The van der Waals surface area contributed by atoms with Crippen LogP contribution in [-0.2, 0) is 4.79 Å². The first-order valence-corrected chi connectivity index (χ1v) is 3.20. The first-order valence-electron chi connectivity index (χ1n) is 3.20. The number of hydrogen-bond acceptors (Lipinski definition) is 2. The van der Waals surface area contributed by atoms with Crippen LogP contribution in [0.25, 0.3) is 0 Å². The highest BCUT2D eigenvalue weighted by atomic mass is 16.4. The molecule has 1 N–H and O–H groups in total. The van der Waals surface area contributed by atoms with Crippen LogP contribution in [0.1, 0.15) is 6.92 Å². The fourth-order valence-corrected chi connectivity index (χ4v) is 0.524. The van der Waals surface area contributed by atoms with Gasteiger partial charge in [-0.25, -0.2) is 4.79 Å². The van der Waals surface area contributed by atoms with Crippen LogP contribution in [0.3, 0.4) is 0 Å². The summed E-state index contributed by atoms with van der Waals surface area (Å²) in [6.07, 6.45) is 6.15. The molecule has 0 radical (unpaired) electrons. The maximum absolute atomic E-state index is 10.4. The fourth-order valence-electron chi connectivity index (χ4n) is 0.524. The van der Waals surface area contributed by atoms with Crippen LogP contribution < -0.4 is 0 Å². The van der Waals surface area contributed by atoms with E-state index in [0.717, 1.165) is 0 Å². The van der Waals surface area contributed by atoms with E-state index in [9.17, 15) is 4.79 Å². The average molecular weight is 153 g/mol. The maximum Gasteiger partial charge on any atom is 0.335 e. The van der Waals surface area contributed by atoms with Gasteiger partial charge in [0.1, 0.15) is 0 Å². The number of aliphatic carboxylic acids is 1. The Kier molecular flexibility index (Phi) is 4.73. The first kappa shape index (κ1) is 9.62. The van der Waals surface area contributed by atoms with Gasteiger partial charge in [-0.05, 0) is 19.1 Å². The van der Waals surface area contributed by atoms with Crippen LogP contribution in [0.2, 0.25) is 0 Å². The molecule has 0 heterocycles. The number of carboxylic acid groups (broad SMARTS) is 1. The zero-order valence-corrected chi connectivity index (χ0v) is 6.61. The first-order chi connectivity index (χ1) is 5.22. The highest BCUT2D eigenvalue weighted by Crippen LogP contribution is 1.94. The van der Waals surface area contributed by atoms with Crippen LogP contribution in [0.5, 0.6) is 0 Å². The molecule has 3 nitrogen and oxygen atoms in total. The molecule has 0 rings (SSSR count). The SMILES string of the molecule is C/C=C(\C=C/C=NC)C(=O)O. The number of carboxylic acids is 1. The Bertz CT molecular complexity index is 214. The Labute approximate surface area is 65.8 Å². The van der Waals surface area contributed by atoms with Crippen molar-refractivity contribution < 1.29 is 9.90 Å². The molecule has 0 aliphatic rings. The summed E-state index contributed by atoms with van der Waals surface area (Å²) in [7, 11) is 1.63. The molecule has 0 aliphatic heterocycles. The second kappa shape index (κ2) is 5.41. The summed E-state index contributed by atoms with van der Waals surface area (Å²) in [6.45, 7) is 1.68. The van der Waals surface area contributed by atoms with E-state index in [4.69, 9.17) is 5.11 Å². The van der Waals surface area contributed by atoms with Gasteiger partial charge >= 0.3 is 5.97 Å². The Morgan fingerprint density at radius 1 is 1.55 bits per heavy atom. The van der Waals surface area contributed by atoms with Gasteiger partial charge in [-0.1, -0.05) is 6.08 Å². The molecule has 0 unspecified atom stereocenters. The Morgan fingerprint density at radius 2 is 2.18 bits per heavy atom. The molecule has 3 heteroatoms. The number of carbonyl (C=O) groups is 1. The van der Waals surface area contributed by atoms with Gasteiger partial charge in [-0.3, -0.25) is 4.99 Å². The average Bonchev–Trinajstić information content (AvgIpc) is 1.97. The van der Waals surface area contributed by atoms with E-state index in [1.807, 2.05) is 0 Å². The molecule has 0 spiro atoms. The van der Waals surface area contributed by atoms with Crippen molar-refractivity contribution >= 4 is 12.2 Å². The third-order valence-corrected chi connectivity index (χ3v) is 1.07. The van der Waals surface area contributed by atoms with E-state index in [-0.39, 0.29) is 5.57 Å². The van der Waals surface area contributed by atoms with E-state index in [0.29, 0.717) is 0 Å². The topological polar surface area (TPSA) is 49.7 Å². The second-order valence-corrected chi connectivity index (χ2v) is 1.82. The van der Waals surface area contributed by atoms with Crippen molar-refractivity contribution in [2.45, 2.75) is 6.92 Å². The number of allylic oxidation sites excluding steroid dienone is 2. The molecule has 0 amide bonds. The number of aliphatic imine (C=N–C) groups is 1. The van der Waals surface area contributed by atoms with Gasteiger partial charge in [0.2, 0.25) is 0 Å². The lowest BCUT2D eigenvalue weighted by Gasteiger charge is -1.88. The Morgan fingerprint density at radius 3 is 2.55 bits per heavy atom. The summed E-state index contributed by atoms with van der Waals surface area (Å²) in [5.74, 6) is -0.923. The van der Waals surface area contributed by atoms with Gasteiger partial charge in [0.15, 0.2) is 0 Å². The molecule has 60 valence electrons. The normalized spacial score (nSPS) is 13.1. The van der Waals surface area contributed by atoms with Crippen LogP contribution in [0, 0.1) is 0 Å².